The summed E-state index contributed by atoms with van der Waals surface area (Å²) in [6.07, 6.45) is 0. The highest BCUT2D eigenvalue weighted by atomic mass is 19.1. The molecule has 0 aromatic heterocycles. The molecule has 0 radical (unpaired) electrons. The van der Waals surface area contributed by atoms with Crippen LogP contribution >= 0.6 is 0 Å². The summed E-state index contributed by atoms with van der Waals surface area (Å²) in [5.41, 5.74) is 4.74. The number of benzene rings is 1. The van der Waals surface area contributed by atoms with Gasteiger partial charge in [-0.25, -0.2) is 9.18 Å². The molecule has 0 aliphatic rings. The third-order valence-electron chi connectivity index (χ3n) is 1.97. The summed E-state index contributed by atoms with van der Waals surface area (Å²) in [6, 6.07) is 0.682. The Balaban J connectivity index is 3.41. The molecule has 0 saturated heterocycles. The van der Waals surface area contributed by atoms with E-state index in [0.29, 0.717) is 0 Å². The maximum absolute atomic E-state index is 12.9. The molecule has 0 bridgehead atoms. The van der Waals surface area contributed by atoms with Gasteiger partial charge in [-0.05, 0) is 12.1 Å². The van der Waals surface area contributed by atoms with Gasteiger partial charge in [-0.15, -0.1) is 0 Å². The van der Waals surface area contributed by atoms with Crippen LogP contribution in [-0.4, -0.2) is 27.9 Å². The van der Waals surface area contributed by atoms with E-state index in [0.717, 1.165) is 12.1 Å². The summed E-state index contributed by atoms with van der Waals surface area (Å²) in [7, 11) is 0. The molecule has 0 amide bonds. The van der Waals surface area contributed by atoms with Crippen molar-refractivity contribution in [1.29, 1.82) is 0 Å². The molecule has 5 N–H and O–H groups in total. The zero-order valence-corrected chi connectivity index (χ0v) is 7.64. The van der Waals surface area contributed by atoms with Crippen molar-refractivity contribution in [3.63, 3.8) is 0 Å². The molecule has 0 saturated carbocycles. The third-order valence-corrected chi connectivity index (χ3v) is 1.97. The zero-order chi connectivity index (χ0) is 11.6. The van der Waals surface area contributed by atoms with E-state index < -0.39 is 30.2 Å². The van der Waals surface area contributed by atoms with E-state index in [1.165, 1.54) is 0 Å². The first kappa shape index (κ1) is 11.4. The maximum Gasteiger partial charge on any atom is 0.336 e. The van der Waals surface area contributed by atoms with Gasteiger partial charge in [-0.1, -0.05) is 0 Å². The number of aromatic carboxylic acids is 1. The number of phenols is 1. The number of aliphatic hydroxyl groups is 1. The first-order chi connectivity index (χ1) is 6.99. The Morgan fingerprint density at radius 3 is 2.60 bits per heavy atom. The van der Waals surface area contributed by atoms with Gasteiger partial charge in [-0.2, -0.15) is 0 Å². The molecular formula is C9H10FNO4. The van der Waals surface area contributed by atoms with Crippen molar-refractivity contribution in [2.45, 2.75) is 6.04 Å². The second-order valence-electron chi connectivity index (χ2n) is 2.95. The van der Waals surface area contributed by atoms with Gasteiger partial charge in [0, 0.05) is 5.56 Å². The Kier molecular flexibility index (Phi) is 3.23. The minimum absolute atomic E-state index is 0.301. The molecule has 0 aliphatic carbocycles. The van der Waals surface area contributed by atoms with Gasteiger partial charge in [0.05, 0.1) is 18.2 Å². The predicted octanol–water partition coefficient (Wildman–Crippen LogP) is 0.222. The summed E-state index contributed by atoms with van der Waals surface area (Å²) >= 11 is 0. The van der Waals surface area contributed by atoms with Crippen molar-refractivity contribution >= 4 is 5.97 Å². The average molecular weight is 215 g/mol. The van der Waals surface area contributed by atoms with Crippen molar-refractivity contribution in [3.8, 4) is 5.75 Å². The number of hydrogen-bond donors (Lipinski definition) is 4. The minimum Gasteiger partial charge on any atom is -0.505 e. The Bertz CT molecular complexity index is 394. The number of carboxylic acids is 1. The van der Waals surface area contributed by atoms with Crippen LogP contribution in [0.3, 0.4) is 0 Å². The van der Waals surface area contributed by atoms with Gasteiger partial charge in [0.1, 0.15) is 0 Å². The molecule has 5 nitrogen and oxygen atoms in total. The molecule has 0 unspecified atom stereocenters. The van der Waals surface area contributed by atoms with E-state index in [1.807, 2.05) is 0 Å². The van der Waals surface area contributed by atoms with Crippen LogP contribution in [0.1, 0.15) is 22.0 Å². The van der Waals surface area contributed by atoms with Crippen LogP contribution in [0.25, 0.3) is 0 Å². The molecule has 0 spiro atoms. The van der Waals surface area contributed by atoms with Gasteiger partial charge in [0.25, 0.3) is 0 Å². The first-order valence-electron chi connectivity index (χ1n) is 4.10. The summed E-state index contributed by atoms with van der Waals surface area (Å²) in [4.78, 5) is 10.7. The van der Waals surface area contributed by atoms with E-state index in [2.05, 4.69) is 0 Å². The van der Waals surface area contributed by atoms with Crippen LogP contribution in [-0.2, 0) is 0 Å². The second kappa shape index (κ2) is 4.24. The van der Waals surface area contributed by atoms with Crippen molar-refractivity contribution in [2.75, 3.05) is 6.61 Å². The molecule has 0 heterocycles. The fourth-order valence-corrected chi connectivity index (χ4v) is 1.23. The number of halogens is 1. The average Bonchev–Trinajstić information content (AvgIpc) is 2.20. The van der Waals surface area contributed by atoms with Gasteiger partial charge in [-0.3, -0.25) is 0 Å². The van der Waals surface area contributed by atoms with Crippen molar-refractivity contribution in [1.82, 2.24) is 0 Å². The Labute approximate surface area is 84.6 Å². The molecule has 82 valence electrons. The number of carbonyl (C=O) groups is 1. The molecule has 1 rings (SSSR count). The van der Waals surface area contributed by atoms with Crippen LogP contribution in [0.2, 0.25) is 0 Å². The summed E-state index contributed by atoms with van der Waals surface area (Å²) < 4.78 is 12.9. The molecular weight excluding hydrogens is 205 g/mol. The standard InChI is InChI=1S/C9H10FNO4/c10-5-2-1-4(9(14)15)7(8(5)13)6(11)3-12/h1-2,6,12-13H,3,11H2,(H,14,15)/t6-/m1/s1. The van der Waals surface area contributed by atoms with Crippen LogP contribution in [0.4, 0.5) is 4.39 Å². The fourth-order valence-electron chi connectivity index (χ4n) is 1.23. The number of rotatable bonds is 3. The van der Waals surface area contributed by atoms with Gasteiger partial charge in [0.15, 0.2) is 11.6 Å². The van der Waals surface area contributed by atoms with E-state index >= 15 is 0 Å². The molecule has 0 fully saturated rings. The largest absolute Gasteiger partial charge is 0.505 e. The molecule has 6 heteroatoms. The number of carboxylic acid groups (broad SMARTS) is 1. The van der Waals surface area contributed by atoms with E-state index in [9.17, 15) is 14.3 Å². The van der Waals surface area contributed by atoms with Crippen molar-refractivity contribution < 1.29 is 24.5 Å². The molecule has 1 atom stereocenters. The third kappa shape index (κ3) is 2.05. The highest BCUT2D eigenvalue weighted by molar-refractivity contribution is 5.90. The minimum atomic E-state index is -1.34. The monoisotopic (exact) mass is 215 g/mol. The highest BCUT2D eigenvalue weighted by Gasteiger charge is 2.21. The van der Waals surface area contributed by atoms with Crippen molar-refractivity contribution in [3.05, 3.63) is 29.1 Å². The Morgan fingerprint density at radius 1 is 1.53 bits per heavy atom. The van der Waals surface area contributed by atoms with Crippen LogP contribution in [0.5, 0.6) is 5.75 Å². The topological polar surface area (TPSA) is 104 Å². The number of nitrogens with two attached hydrogens (primary N) is 1. The van der Waals surface area contributed by atoms with Crippen LogP contribution in [0.15, 0.2) is 12.1 Å². The SMILES string of the molecule is N[C@H](CO)c1c(C(=O)O)ccc(F)c1O. The summed E-state index contributed by atoms with van der Waals surface area (Å²) in [5.74, 6) is -3.15. The Morgan fingerprint density at radius 2 is 2.13 bits per heavy atom. The van der Waals surface area contributed by atoms with Gasteiger partial charge >= 0.3 is 5.97 Å². The second-order valence-corrected chi connectivity index (χ2v) is 2.95. The quantitative estimate of drug-likeness (QED) is 0.577. The lowest BCUT2D eigenvalue weighted by molar-refractivity contribution is 0.0694. The van der Waals surface area contributed by atoms with Gasteiger partial charge < -0.3 is 21.1 Å². The van der Waals surface area contributed by atoms with E-state index in [1.54, 1.807) is 0 Å². The van der Waals surface area contributed by atoms with Gasteiger partial charge in [0.2, 0.25) is 0 Å². The first-order valence-corrected chi connectivity index (χ1v) is 4.10. The Hall–Kier alpha value is -1.66. The molecule has 0 aliphatic heterocycles. The predicted molar refractivity (Wildman–Crippen MR) is 49.0 cm³/mol. The smallest absolute Gasteiger partial charge is 0.336 e. The lowest BCUT2D eigenvalue weighted by Gasteiger charge is -2.14. The van der Waals surface area contributed by atoms with E-state index in [-0.39, 0.29) is 11.1 Å². The molecule has 15 heavy (non-hydrogen) atoms. The van der Waals surface area contributed by atoms with Crippen molar-refractivity contribution in [2.24, 2.45) is 5.73 Å². The molecule has 1 aromatic rings. The lowest BCUT2D eigenvalue weighted by Crippen LogP contribution is -2.19. The molecule has 1 aromatic carbocycles. The highest BCUT2D eigenvalue weighted by Crippen LogP contribution is 2.29. The lowest BCUT2D eigenvalue weighted by atomic mass is 10.00. The number of hydrogen-bond acceptors (Lipinski definition) is 4. The fraction of sp³-hybridized carbons (Fsp3) is 0.222. The number of aliphatic hydroxyl groups excluding tert-OH is 1. The number of phenolic OH excluding ortho intramolecular Hbond substituents is 1. The van der Waals surface area contributed by atoms with Crippen LogP contribution < -0.4 is 5.73 Å². The normalized spacial score (nSPS) is 12.5. The number of aromatic hydroxyl groups is 1. The van der Waals surface area contributed by atoms with E-state index in [4.69, 9.17) is 15.9 Å². The summed E-state index contributed by atoms with van der Waals surface area (Å²) in [6.45, 7) is -0.586. The summed E-state index contributed by atoms with van der Waals surface area (Å²) in [5, 5.41) is 26.8. The zero-order valence-electron chi connectivity index (χ0n) is 7.64. The van der Waals surface area contributed by atoms with Crippen LogP contribution in [0, 0.1) is 5.82 Å². The maximum atomic E-state index is 12.9.